The van der Waals surface area contributed by atoms with Gasteiger partial charge >= 0.3 is 6.09 Å². The van der Waals surface area contributed by atoms with Crippen LogP contribution in [0.3, 0.4) is 0 Å². The molecule has 2 amide bonds. The van der Waals surface area contributed by atoms with Crippen molar-refractivity contribution in [1.29, 1.82) is 0 Å². The number of piperidine rings is 1. The van der Waals surface area contributed by atoms with Crippen molar-refractivity contribution in [3.05, 3.63) is 34.4 Å². The van der Waals surface area contributed by atoms with Gasteiger partial charge in [-0.3, -0.25) is 14.9 Å². The van der Waals surface area contributed by atoms with Gasteiger partial charge in [-0.25, -0.2) is 4.79 Å². The second-order valence-corrected chi connectivity index (χ2v) is 6.62. The number of non-ortho nitro benzene ring substituents is 1. The van der Waals surface area contributed by atoms with Crippen LogP contribution in [0.15, 0.2) is 29.2 Å². The minimum absolute atomic E-state index is 0.0298. The van der Waals surface area contributed by atoms with Gasteiger partial charge in [0.15, 0.2) is 0 Å². The first-order chi connectivity index (χ1) is 12.0. The maximum absolute atomic E-state index is 12.0. The zero-order valence-corrected chi connectivity index (χ0v) is 14.8. The molecule has 25 heavy (non-hydrogen) atoms. The number of hydrogen-bond acceptors (Lipinski definition) is 6. The maximum atomic E-state index is 12.0. The van der Waals surface area contributed by atoms with E-state index in [1.165, 1.54) is 23.9 Å². The molecule has 1 aliphatic rings. The number of nitro benzene ring substituents is 1. The number of nitrogens with zero attached hydrogens (tertiary/aromatic N) is 2. The fourth-order valence-electron chi connectivity index (χ4n) is 2.50. The zero-order valence-electron chi connectivity index (χ0n) is 14.0. The minimum atomic E-state index is -0.455. The smallest absolute Gasteiger partial charge is 0.409 e. The summed E-state index contributed by atoms with van der Waals surface area (Å²) in [6.07, 6.45) is 1.10. The van der Waals surface area contributed by atoms with E-state index in [0.717, 1.165) is 4.90 Å². The van der Waals surface area contributed by atoms with Crippen molar-refractivity contribution in [2.24, 2.45) is 0 Å². The van der Waals surface area contributed by atoms with E-state index in [0.29, 0.717) is 32.5 Å². The largest absolute Gasteiger partial charge is 0.450 e. The summed E-state index contributed by atoms with van der Waals surface area (Å²) < 4.78 is 4.96. The van der Waals surface area contributed by atoms with E-state index in [4.69, 9.17) is 4.74 Å². The molecule has 0 unspecified atom stereocenters. The van der Waals surface area contributed by atoms with E-state index < -0.39 is 4.92 Å². The Labute approximate surface area is 150 Å². The lowest BCUT2D eigenvalue weighted by Crippen LogP contribution is -2.47. The number of likely N-dealkylation sites (tertiary alicyclic amines) is 1. The highest BCUT2D eigenvalue weighted by Gasteiger charge is 2.24. The average molecular weight is 367 g/mol. The van der Waals surface area contributed by atoms with E-state index in [1.807, 2.05) is 0 Å². The standard InChI is InChI=1S/C16H21N3O5S/c1-2-24-16(21)18-9-7-12(8-10-18)17-15(20)11-25-14-5-3-13(4-6-14)19(22)23/h3-6,12H,2,7-11H2,1H3,(H,17,20). The van der Waals surface area contributed by atoms with Crippen LogP contribution in [0.1, 0.15) is 19.8 Å². The van der Waals surface area contributed by atoms with Crippen LogP contribution in [0.2, 0.25) is 0 Å². The van der Waals surface area contributed by atoms with E-state index in [-0.39, 0.29) is 29.5 Å². The van der Waals surface area contributed by atoms with Crippen LogP contribution in [-0.2, 0) is 9.53 Å². The Kier molecular flexibility index (Phi) is 7.05. The molecule has 0 radical (unpaired) electrons. The summed E-state index contributed by atoms with van der Waals surface area (Å²) in [5.41, 5.74) is 0.0298. The SMILES string of the molecule is CCOC(=O)N1CCC(NC(=O)CSc2ccc([N+](=O)[O-])cc2)CC1. The molecule has 1 saturated heterocycles. The summed E-state index contributed by atoms with van der Waals surface area (Å²) in [6, 6.07) is 6.16. The molecule has 1 heterocycles. The van der Waals surface area contributed by atoms with E-state index >= 15 is 0 Å². The molecular formula is C16H21N3O5S. The Morgan fingerprint density at radius 1 is 1.32 bits per heavy atom. The summed E-state index contributed by atoms with van der Waals surface area (Å²) in [4.78, 5) is 36.3. The first-order valence-corrected chi connectivity index (χ1v) is 9.06. The van der Waals surface area contributed by atoms with Crippen LogP contribution in [0, 0.1) is 10.1 Å². The van der Waals surface area contributed by atoms with Gasteiger partial charge in [0.1, 0.15) is 0 Å². The van der Waals surface area contributed by atoms with Gasteiger partial charge < -0.3 is 15.0 Å². The quantitative estimate of drug-likeness (QED) is 0.471. The molecule has 1 N–H and O–H groups in total. The fourth-order valence-corrected chi connectivity index (χ4v) is 3.21. The Morgan fingerprint density at radius 2 is 1.96 bits per heavy atom. The number of nitrogens with one attached hydrogen (secondary N) is 1. The van der Waals surface area contributed by atoms with Gasteiger partial charge in [-0.2, -0.15) is 0 Å². The molecule has 2 rings (SSSR count). The number of thioether (sulfide) groups is 1. The highest BCUT2D eigenvalue weighted by molar-refractivity contribution is 8.00. The molecular weight excluding hydrogens is 346 g/mol. The van der Waals surface area contributed by atoms with Crippen molar-refractivity contribution in [2.45, 2.75) is 30.7 Å². The number of benzene rings is 1. The summed E-state index contributed by atoms with van der Waals surface area (Å²) in [6.45, 7) is 3.27. The molecule has 1 fully saturated rings. The van der Waals surface area contributed by atoms with E-state index in [2.05, 4.69) is 5.32 Å². The lowest BCUT2D eigenvalue weighted by atomic mass is 10.1. The number of ether oxygens (including phenoxy) is 1. The summed E-state index contributed by atoms with van der Waals surface area (Å²) in [5.74, 6) is 0.161. The van der Waals surface area contributed by atoms with Crippen LogP contribution in [0.25, 0.3) is 0 Å². The highest BCUT2D eigenvalue weighted by Crippen LogP contribution is 2.21. The average Bonchev–Trinajstić information content (AvgIpc) is 2.61. The molecule has 0 aromatic heterocycles. The third-order valence-electron chi connectivity index (χ3n) is 3.80. The summed E-state index contributed by atoms with van der Waals surface area (Å²) in [7, 11) is 0. The molecule has 136 valence electrons. The Balaban J connectivity index is 1.70. The molecule has 0 bridgehead atoms. The molecule has 0 spiro atoms. The van der Waals surface area contributed by atoms with Crippen molar-refractivity contribution in [3.8, 4) is 0 Å². The predicted octanol–water partition coefficient (Wildman–Crippen LogP) is 2.42. The molecule has 0 atom stereocenters. The van der Waals surface area contributed by atoms with Crippen molar-refractivity contribution in [3.63, 3.8) is 0 Å². The summed E-state index contributed by atoms with van der Waals surface area (Å²) >= 11 is 1.33. The van der Waals surface area contributed by atoms with Gasteiger partial charge in [-0.15, -0.1) is 11.8 Å². The zero-order chi connectivity index (χ0) is 18.2. The number of hydrogen-bond donors (Lipinski definition) is 1. The first-order valence-electron chi connectivity index (χ1n) is 8.08. The molecule has 8 nitrogen and oxygen atoms in total. The Hall–Kier alpha value is -2.29. The second-order valence-electron chi connectivity index (χ2n) is 5.57. The first kappa shape index (κ1) is 19.0. The van der Waals surface area contributed by atoms with Gasteiger partial charge in [0.2, 0.25) is 5.91 Å². The second kappa shape index (κ2) is 9.26. The van der Waals surface area contributed by atoms with Gasteiger partial charge in [0, 0.05) is 36.2 Å². The predicted molar refractivity (Wildman–Crippen MR) is 93.6 cm³/mol. The molecule has 1 aromatic rings. The molecule has 0 saturated carbocycles. The van der Waals surface area contributed by atoms with Crippen LogP contribution < -0.4 is 5.32 Å². The maximum Gasteiger partial charge on any atom is 0.409 e. The third kappa shape index (κ3) is 5.93. The lowest BCUT2D eigenvalue weighted by molar-refractivity contribution is -0.384. The van der Waals surface area contributed by atoms with Crippen molar-refractivity contribution in [2.75, 3.05) is 25.4 Å². The van der Waals surface area contributed by atoms with Gasteiger partial charge in [0.25, 0.3) is 5.69 Å². The lowest BCUT2D eigenvalue weighted by Gasteiger charge is -2.31. The number of carbonyl (C=O) groups is 2. The molecule has 9 heteroatoms. The number of amides is 2. The normalized spacial score (nSPS) is 14.8. The molecule has 1 aromatic carbocycles. The number of nitro groups is 1. The topological polar surface area (TPSA) is 102 Å². The minimum Gasteiger partial charge on any atom is -0.450 e. The van der Waals surface area contributed by atoms with E-state index in [9.17, 15) is 19.7 Å². The van der Waals surface area contributed by atoms with E-state index in [1.54, 1.807) is 24.0 Å². The fraction of sp³-hybridized carbons (Fsp3) is 0.500. The monoisotopic (exact) mass is 367 g/mol. The Bertz CT molecular complexity index is 615. The molecule has 1 aliphatic heterocycles. The van der Waals surface area contributed by atoms with Crippen molar-refractivity contribution >= 4 is 29.4 Å². The Morgan fingerprint density at radius 3 is 2.52 bits per heavy atom. The van der Waals surface area contributed by atoms with Crippen LogP contribution in [0.4, 0.5) is 10.5 Å². The van der Waals surface area contributed by atoms with Gasteiger partial charge in [-0.1, -0.05) is 0 Å². The van der Waals surface area contributed by atoms with Crippen molar-refractivity contribution in [1.82, 2.24) is 10.2 Å². The number of carbonyl (C=O) groups excluding carboxylic acids is 2. The van der Waals surface area contributed by atoms with Gasteiger partial charge in [-0.05, 0) is 31.9 Å². The number of rotatable bonds is 6. The summed E-state index contributed by atoms with van der Waals surface area (Å²) in [5, 5.41) is 13.6. The van der Waals surface area contributed by atoms with Crippen LogP contribution in [-0.4, -0.2) is 53.3 Å². The third-order valence-corrected chi connectivity index (χ3v) is 4.82. The molecule has 0 aliphatic carbocycles. The van der Waals surface area contributed by atoms with Gasteiger partial charge in [0.05, 0.1) is 17.3 Å². The van der Waals surface area contributed by atoms with Crippen LogP contribution >= 0.6 is 11.8 Å². The van der Waals surface area contributed by atoms with Crippen LogP contribution in [0.5, 0.6) is 0 Å². The highest BCUT2D eigenvalue weighted by atomic mass is 32.2. The van der Waals surface area contributed by atoms with Crippen molar-refractivity contribution < 1.29 is 19.2 Å².